The number of carbonyl (C=O) groups excluding carboxylic acids is 3. The third kappa shape index (κ3) is 3.87. The van der Waals surface area contributed by atoms with Gasteiger partial charge in [-0.3, -0.25) is 9.59 Å². The number of nitrogens with zero attached hydrogens (tertiary/aromatic N) is 1. The highest BCUT2D eigenvalue weighted by atomic mass is 35.5. The minimum Gasteiger partial charge on any atom is -0.449 e. The molecule has 0 spiro atoms. The van der Waals surface area contributed by atoms with Crippen LogP contribution >= 0.6 is 11.6 Å². The van der Waals surface area contributed by atoms with Crippen molar-refractivity contribution in [3.05, 3.63) is 136 Å². The second kappa shape index (κ2) is 8.96. The van der Waals surface area contributed by atoms with Gasteiger partial charge in [0, 0.05) is 0 Å². The molecule has 0 bridgehead atoms. The Morgan fingerprint density at radius 1 is 0.706 bits per heavy atom. The zero-order valence-electron chi connectivity index (χ0n) is 17.9. The number of benzene rings is 4. The summed E-state index contributed by atoms with van der Waals surface area (Å²) in [6.45, 7) is 0. The first-order chi connectivity index (χ1) is 16.5. The van der Waals surface area contributed by atoms with Crippen molar-refractivity contribution in [2.24, 2.45) is 0 Å². The summed E-state index contributed by atoms with van der Waals surface area (Å²) >= 11 is 6.21. The van der Waals surface area contributed by atoms with Crippen molar-refractivity contribution < 1.29 is 19.1 Å². The Morgan fingerprint density at radius 2 is 1.26 bits per heavy atom. The summed E-state index contributed by atoms with van der Waals surface area (Å²) in [7, 11) is 0. The molecule has 1 aliphatic rings. The van der Waals surface area contributed by atoms with Crippen LogP contribution in [0.15, 0.2) is 103 Å². The molecule has 0 saturated heterocycles. The zero-order chi connectivity index (χ0) is 23.7. The Labute approximate surface area is 201 Å². The Morgan fingerprint density at radius 3 is 1.88 bits per heavy atom. The van der Waals surface area contributed by atoms with Crippen LogP contribution in [0, 0.1) is 0 Å². The third-order valence-electron chi connectivity index (χ3n) is 5.65. The molecule has 0 aromatic heterocycles. The predicted octanol–water partition coefficient (Wildman–Crippen LogP) is 6.09. The molecule has 34 heavy (non-hydrogen) atoms. The number of rotatable bonds is 5. The quantitative estimate of drug-likeness (QED) is 0.263. The van der Waals surface area contributed by atoms with Crippen molar-refractivity contribution >= 4 is 35.1 Å². The number of amides is 2. The highest BCUT2D eigenvalue weighted by Crippen LogP contribution is 2.34. The van der Waals surface area contributed by atoms with Crippen LogP contribution in [0.2, 0.25) is 5.02 Å². The second-order valence-corrected chi connectivity index (χ2v) is 8.17. The van der Waals surface area contributed by atoms with E-state index in [1.807, 2.05) is 60.7 Å². The lowest BCUT2D eigenvalue weighted by Crippen LogP contribution is -2.29. The molecule has 0 fully saturated rings. The maximum absolute atomic E-state index is 13.1. The van der Waals surface area contributed by atoms with Crippen LogP contribution in [0.4, 0.5) is 5.69 Å². The van der Waals surface area contributed by atoms with Crippen LogP contribution < -0.4 is 4.90 Å². The Balaban J connectivity index is 1.46. The topological polar surface area (TPSA) is 63.7 Å². The predicted molar refractivity (Wildman–Crippen MR) is 129 cm³/mol. The van der Waals surface area contributed by atoms with Crippen molar-refractivity contribution in [3.8, 4) is 0 Å². The summed E-state index contributed by atoms with van der Waals surface area (Å²) in [4.78, 5) is 40.2. The lowest BCUT2D eigenvalue weighted by Gasteiger charge is -2.19. The molecule has 166 valence electrons. The average Bonchev–Trinajstić information content (AvgIpc) is 3.13. The van der Waals surface area contributed by atoms with Gasteiger partial charge in [-0.2, -0.15) is 0 Å². The van der Waals surface area contributed by atoms with E-state index in [4.69, 9.17) is 16.3 Å². The largest absolute Gasteiger partial charge is 0.449 e. The molecule has 2 amide bonds. The molecular formula is C28H18ClNO4. The number of carbonyl (C=O) groups is 3. The van der Waals surface area contributed by atoms with Gasteiger partial charge < -0.3 is 4.74 Å². The van der Waals surface area contributed by atoms with Gasteiger partial charge in [0.05, 0.1) is 27.4 Å². The highest BCUT2D eigenvalue weighted by Gasteiger charge is 2.38. The van der Waals surface area contributed by atoms with E-state index in [2.05, 4.69) is 0 Å². The molecule has 5 nitrogen and oxygen atoms in total. The summed E-state index contributed by atoms with van der Waals surface area (Å²) in [6, 6.07) is 29.8. The molecule has 0 unspecified atom stereocenters. The Kier molecular flexibility index (Phi) is 5.70. The molecule has 0 radical (unpaired) electrons. The first kappa shape index (κ1) is 21.6. The average molecular weight is 468 g/mol. The first-order valence-corrected chi connectivity index (χ1v) is 11.0. The van der Waals surface area contributed by atoms with E-state index < -0.39 is 23.9 Å². The van der Waals surface area contributed by atoms with Gasteiger partial charge in [-0.15, -0.1) is 0 Å². The van der Waals surface area contributed by atoms with E-state index in [0.29, 0.717) is 5.69 Å². The number of halogens is 1. The summed E-state index contributed by atoms with van der Waals surface area (Å²) < 4.78 is 5.89. The van der Waals surface area contributed by atoms with Crippen molar-refractivity contribution in [2.45, 2.75) is 6.10 Å². The fourth-order valence-electron chi connectivity index (χ4n) is 3.98. The number of hydrogen-bond donors (Lipinski definition) is 0. The number of para-hydroxylation sites is 1. The zero-order valence-corrected chi connectivity index (χ0v) is 18.6. The molecular weight excluding hydrogens is 450 g/mol. The smallest absolute Gasteiger partial charge is 0.339 e. The van der Waals surface area contributed by atoms with Gasteiger partial charge in [0.25, 0.3) is 11.8 Å². The summed E-state index contributed by atoms with van der Waals surface area (Å²) in [5, 5.41) is 0.283. The Bertz CT molecular complexity index is 1360. The van der Waals surface area contributed by atoms with Crippen LogP contribution in [-0.2, 0) is 4.74 Å². The van der Waals surface area contributed by atoms with Gasteiger partial charge in [0.1, 0.15) is 0 Å². The fourth-order valence-corrected chi connectivity index (χ4v) is 4.20. The van der Waals surface area contributed by atoms with Gasteiger partial charge in [-0.05, 0) is 41.5 Å². The van der Waals surface area contributed by atoms with E-state index in [1.54, 1.807) is 24.3 Å². The number of hydrogen-bond acceptors (Lipinski definition) is 4. The summed E-state index contributed by atoms with van der Waals surface area (Å²) in [5.41, 5.74) is 2.46. The number of imide groups is 1. The molecule has 5 rings (SSSR count). The molecule has 6 heteroatoms. The van der Waals surface area contributed by atoms with E-state index in [-0.39, 0.29) is 21.7 Å². The molecule has 0 N–H and O–H groups in total. The molecule has 4 aromatic carbocycles. The molecule has 1 aliphatic heterocycles. The van der Waals surface area contributed by atoms with Gasteiger partial charge in [-0.25, -0.2) is 9.69 Å². The molecule has 4 aromatic rings. The number of esters is 1. The van der Waals surface area contributed by atoms with Gasteiger partial charge in [-0.1, -0.05) is 84.4 Å². The van der Waals surface area contributed by atoms with Crippen molar-refractivity contribution in [1.82, 2.24) is 0 Å². The summed E-state index contributed by atoms with van der Waals surface area (Å²) in [5.74, 6) is -1.62. The standard InChI is InChI=1S/C28H18ClNO4/c29-23-13-7-8-14-24(23)30-26(31)21-16-15-20(17-22(21)27(30)32)28(33)34-25(18-9-3-1-4-10-18)19-11-5-2-6-12-19/h1-17,25H. The van der Waals surface area contributed by atoms with E-state index in [1.165, 1.54) is 18.2 Å². The maximum atomic E-state index is 13.1. The van der Waals surface area contributed by atoms with Crippen molar-refractivity contribution in [2.75, 3.05) is 4.90 Å². The van der Waals surface area contributed by atoms with Crippen molar-refractivity contribution in [1.29, 1.82) is 0 Å². The minimum absolute atomic E-state index is 0.135. The molecule has 0 saturated carbocycles. The number of ether oxygens (including phenoxy) is 1. The lowest BCUT2D eigenvalue weighted by atomic mass is 10.0. The molecule has 1 heterocycles. The second-order valence-electron chi connectivity index (χ2n) is 7.76. The third-order valence-corrected chi connectivity index (χ3v) is 5.96. The van der Waals surface area contributed by atoms with Crippen LogP contribution in [0.1, 0.15) is 48.3 Å². The molecule has 0 aliphatic carbocycles. The van der Waals surface area contributed by atoms with Gasteiger partial charge in [0.15, 0.2) is 6.10 Å². The van der Waals surface area contributed by atoms with Crippen LogP contribution in [-0.4, -0.2) is 17.8 Å². The number of fused-ring (bicyclic) bond motifs is 1. The van der Waals surface area contributed by atoms with E-state index in [9.17, 15) is 14.4 Å². The van der Waals surface area contributed by atoms with Crippen LogP contribution in [0.5, 0.6) is 0 Å². The Hall–Kier alpha value is -4.22. The normalized spacial score (nSPS) is 12.7. The van der Waals surface area contributed by atoms with E-state index in [0.717, 1.165) is 16.0 Å². The first-order valence-electron chi connectivity index (χ1n) is 10.6. The fraction of sp³-hybridized carbons (Fsp3) is 0.0357. The van der Waals surface area contributed by atoms with E-state index >= 15 is 0 Å². The number of anilines is 1. The lowest BCUT2D eigenvalue weighted by molar-refractivity contribution is 0.0378. The monoisotopic (exact) mass is 467 g/mol. The van der Waals surface area contributed by atoms with Gasteiger partial charge in [0.2, 0.25) is 0 Å². The van der Waals surface area contributed by atoms with Gasteiger partial charge >= 0.3 is 5.97 Å². The molecule has 0 atom stereocenters. The SMILES string of the molecule is O=C(OC(c1ccccc1)c1ccccc1)c1ccc2c(c1)C(=O)N(c1ccccc1Cl)C2=O. The van der Waals surface area contributed by atoms with Crippen LogP contribution in [0.25, 0.3) is 0 Å². The highest BCUT2D eigenvalue weighted by molar-refractivity contribution is 6.39. The maximum Gasteiger partial charge on any atom is 0.339 e. The van der Waals surface area contributed by atoms with Crippen molar-refractivity contribution in [3.63, 3.8) is 0 Å². The summed E-state index contributed by atoms with van der Waals surface area (Å²) in [6.07, 6.45) is -0.625. The van der Waals surface area contributed by atoms with Crippen LogP contribution in [0.3, 0.4) is 0 Å². The minimum atomic E-state index is -0.625.